The van der Waals surface area contributed by atoms with Crippen molar-refractivity contribution >= 4 is 12.1 Å². The Morgan fingerprint density at radius 3 is 2.26 bits per heavy atom. The number of ether oxygens (including phenoxy) is 1. The van der Waals surface area contributed by atoms with Crippen LogP contribution in [-0.2, 0) is 15.5 Å². The molecule has 7 heteroatoms. The normalized spacial score (nSPS) is 13.3. The summed E-state index contributed by atoms with van der Waals surface area (Å²) in [5.41, 5.74) is -0.998. The molecule has 128 valence electrons. The highest BCUT2D eigenvalue weighted by Gasteiger charge is 2.34. The molecule has 1 amide bonds. The quantitative estimate of drug-likeness (QED) is 0.837. The van der Waals surface area contributed by atoms with Gasteiger partial charge in [-0.3, -0.25) is 0 Å². The fraction of sp³-hybridized carbons (Fsp3) is 0.500. The predicted molar refractivity (Wildman–Crippen MR) is 80.4 cm³/mol. The monoisotopic (exact) mass is 329 g/mol. The summed E-state index contributed by atoms with van der Waals surface area (Å²) in [6.07, 6.45) is -2.08. The minimum atomic E-state index is -3.18. The van der Waals surface area contributed by atoms with Gasteiger partial charge in [-0.25, -0.2) is 18.4 Å². The zero-order valence-corrected chi connectivity index (χ0v) is 13.3. The van der Waals surface area contributed by atoms with Gasteiger partial charge in [0.05, 0.1) is 0 Å². The number of hydrogen-bond acceptors (Lipinski definition) is 3. The van der Waals surface area contributed by atoms with Crippen LogP contribution in [-0.4, -0.2) is 28.8 Å². The molecular weight excluding hydrogens is 308 g/mol. The first kappa shape index (κ1) is 18.9. The van der Waals surface area contributed by atoms with Crippen LogP contribution in [0, 0.1) is 0 Å². The summed E-state index contributed by atoms with van der Waals surface area (Å²) in [5.74, 6) is -4.57. The number of carboxylic acids is 1. The first-order valence-corrected chi connectivity index (χ1v) is 7.17. The number of nitrogens with one attached hydrogen (secondary N) is 1. The lowest BCUT2D eigenvalue weighted by atomic mass is 10.0. The van der Waals surface area contributed by atoms with E-state index in [0.29, 0.717) is 0 Å². The van der Waals surface area contributed by atoms with Crippen molar-refractivity contribution in [2.24, 2.45) is 0 Å². The van der Waals surface area contributed by atoms with E-state index in [0.717, 1.165) is 0 Å². The van der Waals surface area contributed by atoms with Gasteiger partial charge >= 0.3 is 12.1 Å². The molecule has 0 aliphatic rings. The van der Waals surface area contributed by atoms with Gasteiger partial charge in [-0.05, 0) is 27.2 Å². The van der Waals surface area contributed by atoms with Gasteiger partial charge in [-0.15, -0.1) is 0 Å². The topological polar surface area (TPSA) is 75.6 Å². The number of benzene rings is 1. The summed E-state index contributed by atoms with van der Waals surface area (Å²) < 4.78 is 33.0. The molecule has 0 saturated heterocycles. The van der Waals surface area contributed by atoms with Crippen molar-refractivity contribution in [2.45, 2.75) is 51.2 Å². The van der Waals surface area contributed by atoms with Crippen LogP contribution in [0.1, 0.15) is 39.2 Å². The van der Waals surface area contributed by atoms with Gasteiger partial charge < -0.3 is 15.2 Å². The highest BCUT2D eigenvalue weighted by Crippen LogP contribution is 2.33. The lowest BCUT2D eigenvalue weighted by molar-refractivity contribution is -0.140. The number of hydrogen-bond donors (Lipinski definition) is 2. The Morgan fingerprint density at radius 1 is 1.22 bits per heavy atom. The second-order valence-electron chi connectivity index (χ2n) is 6.15. The molecular formula is C16H21F2NO4. The smallest absolute Gasteiger partial charge is 0.408 e. The van der Waals surface area contributed by atoms with Gasteiger partial charge in [0.15, 0.2) is 0 Å². The van der Waals surface area contributed by atoms with E-state index < -0.39 is 42.5 Å². The van der Waals surface area contributed by atoms with Crippen molar-refractivity contribution in [1.29, 1.82) is 0 Å². The number of carboxylic acid groups (broad SMARTS) is 1. The van der Waals surface area contributed by atoms with Crippen LogP contribution in [0.25, 0.3) is 0 Å². The Labute approximate surface area is 133 Å². The van der Waals surface area contributed by atoms with E-state index in [4.69, 9.17) is 9.84 Å². The lowest BCUT2D eigenvalue weighted by Gasteiger charge is -2.23. The fourth-order valence-corrected chi connectivity index (χ4v) is 1.86. The lowest BCUT2D eigenvalue weighted by Crippen LogP contribution is -2.44. The van der Waals surface area contributed by atoms with Crippen molar-refractivity contribution in [3.05, 3.63) is 35.9 Å². The van der Waals surface area contributed by atoms with Crippen molar-refractivity contribution in [3.63, 3.8) is 0 Å². The minimum Gasteiger partial charge on any atom is -0.480 e. The van der Waals surface area contributed by atoms with E-state index in [1.807, 2.05) is 0 Å². The molecule has 2 N–H and O–H groups in total. The van der Waals surface area contributed by atoms with Gasteiger partial charge in [-0.2, -0.15) is 0 Å². The molecule has 0 heterocycles. The number of halogens is 2. The average molecular weight is 329 g/mol. The van der Waals surface area contributed by atoms with Crippen molar-refractivity contribution < 1.29 is 28.2 Å². The number of carbonyl (C=O) groups excluding carboxylic acids is 1. The first-order chi connectivity index (χ1) is 10.5. The Hall–Kier alpha value is -2.18. The Kier molecular flexibility index (Phi) is 6.06. The molecule has 0 spiro atoms. The number of alkyl carbamates (subject to hydrolysis) is 1. The van der Waals surface area contributed by atoms with Gasteiger partial charge in [0.25, 0.3) is 5.92 Å². The van der Waals surface area contributed by atoms with Crippen LogP contribution in [0.5, 0.6) is 0 Å². The maximum atomic E-state index is 14.1. The number of rotatable bonds is 6. The molecule has 0 radical (unpaired) electrons. The zero-order valence-electron chi connectivity index (χ0n) is 13.3. The minimum absolute atomic E-state index is 0.193. The maximum Gasteiger partial charge on any atom is 0.408 e. The summed E-state index contributed by atoms with van der Waals surface area (Å²) in [4.78, 5) is 22.7. The molecule has 0 aromatic heterocycles. The third kappa shape index (κ3) is 6.63. The standard InChI is InChI=1S/C16H21F2NO4/c1-15(2,3)23-14(22)19-12(13(20)21)9-10-16(17,18)11-7-5-4-6-8-11/h4-8,12H,9-10H2,1-3H3,(H,19,22)(H,20,21). The van der Waals surface area contributed by atoms with Crippen LogP contribution < -0.4 is 5.32 Å². The van der Waals surface area contributed by atoms with Crippen LogP contribution in [0.4, 0.5) is 13.6 Å². The molecule has 1 aromatic rings. The molecule has 1 unspecified atom stereocenters. The third-order valence-corrected chi connectivity index (χ3v) is 2.93. The summed E-state index contributed by atoms with van der Waals surface area (Å²) in [7, 11) is 0. The molecule has 0 fully saturated rings. The summed E-state index contributed by atoms with van der Waals surface area (Å²) in [6.45, 7) is 4.85. The highest BCUT2D eigenvalue weighted by molar-refractivity contribution is 5.79. The van der Waals surface area contributed by atoms with Crippen LogP contribution in [0.2, 0.25) is 0 Å². The SMILES string of the molecule is CC(C)(C)OC(=O)NC(CCC(F)(F)c1ccccc1)C(=O)O. The predicted octanol–water partition coefficient (Wildman–Crippen LogP) is 3.54. The highest BCUT2D eigenvalue weighted by atomic mass is 19.3. The van der Waals surface area contributed by atoms with Gasteiger partial charge in [0, 0.05) is 12.0 Å². The summed E-state index contributed by atoms with van der Waals surface area (Å²) >= 11 is 0. The second-order valence-corrected chi connectivity index (χ2v) is 6.15. The molecule has 0 bridgehead atoms. The Balaban J connectivity index is 2.67. The van der Waals surface area contributed by atoms with E-state index >= 15 is 0 Å². The Morgan fingerprint density at radius 2 is 1.78 bits per heavy atom. The molecule has 0 aliphatic carbocycles. The molecule has 1 rings (SSSR count). The van der Waals surface area contributed by atoms with Gasteiger partial charge in [0.2, 0.25) is 0 Å². The van der Waals surface area contributed by atoms with Crippen molar-refractivity contribution in [3.8, 4) is 0 Å². The summed E-state index contributed by atoms with van der Waals surface area (Å²) in [6, 6.07) is 5.69. The van der Waals surface area contributed by atoms with E-state index in [9.17, 15) is 18.4 Å². The molecule has 5 nitrogen and oxygen atoms in total. The van der Waals surface area contributed by atoms with Crippen molar-refractivity contribution in [2.75, 3.05) is 0 Å². The molecule has 23 heavy (non-hydrogen) atoms. The number of aliphatic carboxylic acids is 1. The van der Waals surface area contributed by atoms with Crippen LogP contribution in [0.15, 0.2) is 30.3 Å². The average Bonchev–Trinajstić information content (AvgIpc) is 2.42. The van der Waals surface area contributed by atoms with E-state index in [-0.39, 0.29) is 5.56 Å². The number of amides is 1. The van der Waals surface area contributed by atoms with Crippen LogP contribution >= 0.6 is 0 Å². The third-order valence-electron chi connectivity index (χ3n) is 2.93. The largest absolute Gasteiger partial charge is 0.480 e. The van der Waals surface area contributed by atoms with Gasteiger partial charge in [0.1, 0.15) is 11.6 Å². The Bertz CT molecular complexity index is 541. The summed E-state index contributed by atoms with van der Waals surface area (Å²) in [5, 5.41) is 11.2. The number of alkyl halides is 2. The second kappa shape index (κ2) is 7.39. The van der Waals surface area contributed by atoms with Crippen molar-refractivity contribution in [1.82, 2.24) is 5.32 Å². The van der Waals surface area contributed by atoms with E-state index in [1.165, 1.54) is 24.3 Å². The number of carbonyl (C=O) groups is 2. The van der Waals surface area contributed by atoms with Crippen LogP contribution in [0.3, 0.4) is 0 Å². The van der Waals surface area contributed by atoms with E-state index in [2.05, 4.69) is 5.32 Å². The molecule has 1 aromatic carbocycles. The maximum absolute atomic E-state index is 14.1. The molecule has 0 saturated carbocycles. The first-order valence-electron chi connectivity index (χ1n) is 7.17. The fourth-order valence-electron chi connectivity index (χ4n) is 1.86. The molecule has 1 atom stereocenters. The molecule has 0 aliphatic heterocycles. The van der Waals surface area contributed by atoms with E-state index in [1.54, 1.807) is 26.8 Å². The van der Waals surface area contributed by atoms with Gasteiger partial charge in [-0.1, -0.05) is 30.3 Å². The zero-order chi connectivity index (χ0) is 17.7.